The SMILES string of the molecule is CN(C(=O)C1(C)CCCCC1)[C@@H]1CNC[C@H]1O. The third-order valence-electron chi connectivity index (χ3n) is 4.44. The van der Waals surface area contributed by atoms with Gasteiger partial charge in [-0.2, -0.15) is 0 Å². The van der Waals surface area contributed by atoms with Crippen molar-refractivity contribution in [1.82, 2.24) is 10.2 Å². The predicted molar refractivity (Wildman–Crippen MR) is 66.6 cm³/mol. The van der Waals surface area contributed by atoms with E-state index >= 15 is 0 Å². The van der Waals surface area contributed by atoms with E-state index in [2.05, 4.69) is 12.2 Å². The summed E-state index contributed by atoms with van der Waals surface area (Å²) >= 11 is 0. The number of nitrogens with zero attached hydrogens (tertiary/aromatic N) is 1. The first-order valence-electron chi connectivity index (χ1n) is 6.71. The van der Waals surface area contributed by atoms with Crippen LogP contribution in [-0.2, 0) is 4.79 Å². The number of carbonyl (C=O) groups is 1. The van der Waals surface area contributed by atoms with Crippen molar-refractivity contribution in [3.63, 3.8) is 0 Å². The standard InChI is InChI=1S/C13H24N2O2/c1-13(6-4-3-5-7-13)12(17)15(2)10-8-14-9-11(10)16/h10-11,14,16H,3-9H2,1-2H3/t10-,11-/m1/s1. The number of amides is 1. The third-order valence-corrected chi connectivity index (χ3v) is 4.44. The fourth-order valence-electron chi connectivity index (χ4n) is 3.17. The molecule has 0 aromatic heterocycles. The van der Waals surface area contributed by atoms with Crippen LogP contribution in [0.1, 0.15) is 39.0 Å². The van der Waals surface area contributed by atoms with Gasteiger partial charge in [-0.15, -0.1) is 0 Å². The van der Waals surface area contributed by atoms with Gasteiger partial charge in [-0.25, -0.2) is 0 Å². The van der Waals surface area contributed by atoms with E-state index in [1.165, 1.54) is 6.42 Å². The van der Waals surface area contributed by atoms with Crippen molar-refractivity contribution >= 4 is 5.91 Å². The largest absolute Gasteiger partial charge is 0.390 e. The fourth-order valence-corrected chi connectivity index (χ4v) is 3.17. The Bertz CT molecular complexity index is 287. The molecule has 1 aliphatic carbocycles. The van der Waals surface area contributed by atoms with Gasteiger partial charge < -0.3 is 15.3 Å². The molecule has 4 heteroatoms. The number of β-amino-alcohol motifs (C(OH)–C–C–N with tert-alkyl or cyclic N) is 1. The molecule has 1 amide bonds. The molecule has 1 aliphatic heterocycles. The van der Waals surface area contributed by atoms with Crippen LogP contribution in [0.15, 0.2) is 0 Å². The highest BCUT2D eigenvalue weighted by Crippen LogP contribution is 2.37. The molecule has 2 fully saturated rings. The highest BCUT2D eigenvalue weighted by Gasteiger charge is 2.40. The normalized spacial score (nSPS) is 32.4. The van der Waals surface area contributed by atoms with Gasteiger partial charge >= 0.3 is 0 Å². The van der Waals surface area contributed by atoms with Crippen molar-refractivity contribution in [1.29, 1.82) is 0 Å². The molecule has 0 unspecified atom stereocenters. The molecule has 2 rings (SSSR count). The van der Waals surface area contributed by atoms with E-state index in [9.17, 15) is 9.90 Å². The predicted octanol–water partition coefficient (Wildman–Crippen LogP) is 0.748. The first-order valence-corrected chi connectivity index (χ1v) is 6.71. The molecule has 0 radical (unpaired) electrons. The van der Waals surface area contributed by atoms with Crippen molar-refractivity contribution in [3.8, 4) is 0 Å². The van der Waals surface area contributed by atoms with Crippen molar-refractivity contribution in [2.24, 2.45) is 5.41 Å². The summed E-state index contributed by atoms with van der Waals surface area (Å²) in [6.07, 6.45) is 5.12. The number of hydrogen-bond acceptors (Lipinski definition) is 3. The molecule has 17 heavy (non-hydrogen) atoms. The van der Waals surface area contributed by atoms with Crippen molar-refractivity contribution in [3.05, 3.63) is 0 Å². The smallest absolute Gasteiger partial charge is 0.228 e. The molecule has 0 aromatic carbocycles. The number of nitrogens with one attached hydrogen (secondary N) is 1. The van der Waals surface area contributed by atoms with Gasteiger partial charge in [-0.05, 0) is 12.8 Å². The molecule has 2 N–H and O–H groups in total. The van der Waals surface area contributed by atoms with Gasteiger partial charge in [0.15, 0.2) is 0 Å². The van der Waals surface area contributed by atoms with E-state index in [-0.39, 0.29) is 17.4 Å². The summed E-state index contributed by atoms with van der Waals surface area (Å²) in [5.74, 6) is 0.213. The molecular formula is C13H24N2O2. The van der Waals surface area contributed by atoms with Gasteiger partial charge in [0, 0.05) is 25.6 Å². The minimum Gasteiger partial charge on any atom is -0.390 e. The van der Waals surface area contributed by atoms with E-state index in [0.717, 1.165) is 25.7 Å². The second-order valence-corrected chi connectivity index (χ2v) is 5.83. The van der Waals surface area contributed by atoms with E-state index in [1.54, 1.807) is 4.90 Å². The van der Waals surface area contributed by atoms with Crippen LogP contribution in [0.3, 0.4) is 0 Å². The highest BCUT2D eigenvalue weighted by molar-refractivity contribution is 5.82. The van der Waals surface area contributed by atoms with Crippen LogP contribution in [0.25, 0.3) is 0 Å². The molecule has 2 aliphatic rings. The summed E-state index contributed by atoms with van der Waals surface area (Å²) in [4.78, 5) is 14.3. The van der Waals surface area contributed by atoms with E-state index in [4.69, 9.17) is 0 Å². The van der Waals surface area contributed by atoms with Gasteiger partial charge in [0.1, 0.15) is 0 Å². The van der Waals surface area contributed by atoms with Gasteiger partial charge in [-0.1, -0.05) is 26.2 Å². The van der Waals surface area contributed by atoms with E-state index < -0.39 is 6.10 Å². The summed E-state index contributed by atoms with van der Waals surface area (Å²) in [7, 11) is 1.84. The van der Waals surface area contributed by atoms with Crippen LogP contribution in [0.4, 0.5) is 0 Å². The third kappa shape index (κ3) is 2.47. The summed E-state index contributed by atoms with van der Waals surface area (Å²) in [6.45, 7) is 3.39. The quantitative estimate of drug-likeness (QED) is 0.749. The van der Waals surface area contributed by atoms with Gasteiger partial charge in [0.2, 0.25) is 5.91 Å². The summed E-state index contributed by atoms with van der Waals surface area (Å²) in [5, 5.41) is 13.0. The summed E-state index contributed by atoms with van der Waals surface area (Å²) in [6, 6.07) is -0.0544. The minimum absolute atomic E-state index is 0.0544. The molecule has 1 heterocycles. The maximum atomic E-state index is 12.5. The van der Waals surface area contributed by atoms with Gasteiger partial charge in [0.25, 0.3) is 0 Å². The lowest BCUT2D eigenvalue weighted by molar-refractivity contribution is -0.145. The fraction of sp³-hybridized carbons (Fsp3) is 0.923. The minimum atomic E-state index is -0.420. The average molecular weight is 240 g/mol. The average Bonchev–Trinajstić information content (AvgIpc) is 2.74. The van der Waals surface area contributed by atoms with Crippen molar-refractivity contribution in [2.75, 3.05) is 20.1 Å². The first kappa shape index (κ1) is 12.8. The zero-order valence-corrected chi connectivity index (χ0v) is 10.9. The first-order chi connectivity index (χ1) is 8.04. The Morgan fingerprint density at radius 1 is 1.29 bits per heavy atom. The molecule has 98 valence electrons. The molecule has 0 bridgehead atoms. The highest BCUT2D eigenvalue weighted by atomic mass is 16.3. The van der Waals surface area contributed by atoms with Crippen LogP contribution in [0.2, 0.25) is 0 Å². The molecule has 1 saturated carbocycles. The van der Waals surface area contributed by atoms with Crippen LogP contribution in [-0.4, -0.2) is 48.2 Å². The number of likely N-dealkylation sites (N-methyl/N-ethyl adjacent to an activating group) is 1. The number of hydrogen-bond donors (Lipinski definition) is 2. The van der Waals surface area contributed by atoms with Gasteiger partial charge in [-0.3, -0.25) is 4.79 Å². The number of carbonyl (C=O) groups excluding carboxylic acids is 1. The van der Waals surface area contributed by atoms with E-state index in [1.807, 2.05) is 7.05 Å². The Morgan fingerprint density at radius 3 is 2.47 bits per heavy atom. The lowest BCUT2D eigenvalue weighted by Crippen LogP contribution is -2.50. The lowest BCUT2D eigenvalue weighted by atomic mass is 9.74. The summed E-state index contributed by atoms with van der Waals surface area (Å²) < 4.78 is 0. The zero-order chi connectivity index (χ0) is 12.5. The lowest BCUT2D eigenvalue weighted by Gasteiger charge is -2.38. The topological polar surface area (TPSA) is 52.6 Å². The number of aliphatic hydroxyl groups excluding tert-OH is 1. The number of rotatable bonds is 2. The Balaban J connectivity index is 2.03. The van der Waals surface area contributed by atoms with Crippen LogP contribution in [0, 0.1) is 5.41 Å². The van der Waals surface area contributed by atoms with E-state index in [0.29, 0.717) is 13.1 Å². The second kappa shape index (κ2) is 4.94. The molecule has 1 saturated heterocycles. The molecule has 0 spiro atoms. The Kier molecular flexibility index (Phi) is 3.73. The van der Waals surface area contributed by atoms with Crippen LogP contribution in [0.5, 0.6) is 0 Å². The van der Waals surface area contributed by atoms with Crippen molar-refractivity contribution < 1.29 is 9.90 Å². The number of aliphatic hydroxyl groups is 1. The van der Waals surface area contributed by atoms with Crippen LogP contribution < -0.4 is 5.32 Å². The zero-order valence-electron chi connectivity index (χ0n) is 10.9. The Labute approximate surface area is 103 Å². The summed E-state index contributed by atoms with van der Waals surface area (Å²) in [5.41, 5.74) is -0.199. The van der Waals surface area contributed by atoms with Crippen molar-refractivity contribution in [2.45, 2.75) is 51.2 Å². The molecule has 0 aromatic rings. The van der Waals surface area contributed by atoms with Crippen LogP contribution >= 0.6 is 0 Å². The maximum Gasteiger partial charge on any atom is 0.228 e. The second-order valence-electron chi connectivity index (χ2n) is 5.83. The maximum absolute atomic E-state index is 12.5. The Hall–Kier alpha value is -0.610. The molecule has 2 atom stereocenters. The monoisotopic (exact) mass is 240 g/mol. The van der Waals surface area contributed by atoms with Gasteiger partial charge in [0.05, 0.1) is 12.1 Å². The Morgan fingerprint density at radius 2 is 1.94 bits per heavy atom. The molecule has 4 nitrogen and oxygen atoms in total. The molecular weight excluding hydrogens is 216 g/mol.